The molecule has 1 aliphatic rings. The Morgan fingerprint density at radius 1 is 1.10 bits per heavy atom. The molecule has 2 aromatic heterocycles. The topological polar surface area (TPSA) is 67.2 Å². The van der Waals surface area contributed by atoms with Crippen molar-refractivity contribution in [2.24, 2.45) is 0 Å². The van der Waals surface area contributed by atoms with Crippen molar-refractivity contribution in [3.63, 3.8) is 0 Å². The van der Waals surface area contributed by atoms with Crippen LogP contribution in [0.25, 0.3) is 10.4 Å². The number of likely N-dealkylation sites (tertiary alicyclic amines) is 1. The maximum Gasteiger partial charge on any atom is 0.257 e. The predicted molar refractivity (Wildman–Crippen MR) is 120 cm³/mol. The van der Waals surface area contributed by atoms with Gasteiger partial charge in [-0.05, 0) is 49.8 Å². The first-order chi connectivity index (χ1) is 14.5. The Labute approximate surface area is 180 Å². The van der Waals surface area contributed by atoms with Crippen molar-refractivity contribution in [1.29, 1.82) is 0 Å². The molecule has 0 aliphatic carbocycles. The summed E-state index contributed by atoms with van der Waals surface area (Å²) in [4.78, 5) is 29.0. The Hall–Kier alpha value is -2.93. The van der Waals surface area contributed by atoms with Crippen LogP contribution in [-0.4, -0.2) is 39.6 Å². The van der Waals surface area contributed by atoms with Gasteiger partial charge in [-0.15, -0.1) is 11.3 Å². The number of aryl methyl sites for hydroxylation is 1. The Morgan fingerprint density at radius 2 is 1.83 bits per heavy atom. The second-order valence-electron chi connectivity index (χ2n) is 7.74. The summed E-state index contributed by atoms with van der Waals surface area (Å²) < 4.78 is 1.61. The van der Waals surface area contributed by atoms with Crippen molar-refractivity contribution in [3.05, 3.63) is 59.4 Å². The van der Waals surface area contributed by atoms with E-state index in [1.165, 1.54) is 11.3 Å². The van der Waals surface area contributed by atoms with Crippen molar-refractivity contribution in [1.82, 2.24) is 14.7 Å². The highest BCUT2D eigenvalue weighted by molar-refractivity contribution is 7.20. The Balaban J connectivity index is 1.66. The molecule has 0 atom stereocenters. The van der Waals surface area contributed by atoms with Gasteiger partial charge >= 0.3 is 0 Å². The number of nitrogens with one attached hydrogen (secondary N) is 1. The standard InChI is InChI=1S/C23H26N4O2S/c1-16-13-24-27(14-16)15-19(28)25-22-20(23(29)26-11-7-4-8-12-26)17(2)21(30-22)18-9-5-3-6-10-18/h3,5-6,9-10,13-14H,4,7-8,11-12,15H2,1-2H3,(H,25,28). The molecular formula is C23H26N4O2S. The molecule has 0 saturated carbocycles. The molecule has 30 heavy (non-hydrogen) atoms. The number of thiophene rings is 1. The van der Waals surface area contributed by atoms with Gasteiger partial charge in [0, 0.05) is 24.2 Å². The minimum atomic E-state index is -0.188. The molecule has 156 valence electrons. The van der Waals surface area contributed by atoms with Crippen molar-refractivity contribution in [3.8, 4) is 10.4 Å². The second kappa shape index (κ2) is 8.83. The highest BCUT2D eigenvalue weighted by Gasteiger charge is 2.27. The summed E-state index contributed by atoms with van der Waals surface area (Å²) in [6.07, 6.45) is 6.77. The third-order valence-corrected chi connectivity index (χ3v) is 6.62. The number of carbonyl (C=O) groups excluding carboxylic acids is 2. The van der Waals surface area contributed by atoms with E-state index in [0.717, 1.165) is 53.9 Å². The third kappa shape index (κ3) is 4.31. The van der Waals surface area contributed by atoms with E-state index in [-0.39, 0.29) is 18.4 Å². The maximum absolute atomic E-state index is 13.4. The summed E-state index contributed by atoms with van der Waals surface area (Å²) >= 11 is 1.47. The molecule has 1 N–H and O–H groups in total. The average molecular weight is 423 g/mol. The minimum Gasteiger partial charge on any atom is -0.339 e. The van der Waals surface area contributed by atoms with Crippen LogP contribution in [0.5, 0.6) is 0 Å². The molecule has 3 heterocycles. The van der Waals surface area contributed by atoms with Gasteiger partial charge in [0.15, 0.2) is 0 Å². The fourth-order valence-electron chi connectivity index (χ4n) is 3.85. The van der Waals surface area contributed by atoms with Crippen LogP contribution in [0.4, 0.5) is 5.00 Å². The molecule has 0 unspecified atom stereocenters. The van der Waals surface area contributed by atoms with E-state index in [1.807, 2.05) is 55.3 Å². The summed E-state index contributed by atoms with van der Waals surface area (Å²) in [5.41, 5.74) is 3.59. The summed E-state index contributed by atoms with van der Waals surface area (Å²) in [6, 6.07) is 10.0. The van der Waals surface area contributed by atoms with Gasteiger partial charge in [0.25, 0.3) is 5.91 Å². The Bertz CT molecular complexity index is 1050. The first-order valence-corrected chi connectivity index (χ1v) is 11.1. The van der Waals surface area contributed by atoms with E-state index >= 15 is 0 Å². The van der Waals surface area contributed by atoms with Crippen LogP contribution < -0.4 is 5.32 Å². The summed E-state index contributed by atoms with van der Waals surface area (Å²) in [5, 5.41) is 7.79. The van der Waals surface area contributed by atoms with Gasteiger partial charge < -0.3 is 10.2 Å². The molecule has 6 nitrogen and oxygen atoms in total. The molecule has 1 saturated heterocycles. The zero-order valence-electron chi connectivity index (χ0n) is 17.4. The molecular weight excluding hydrogens is 396 g/mol. The lowest BCUT2D eigenvalue weighted by atomic mass is 10.0. The molecule has 4 rings (SSSR count). The average Bonchev–Trinajstić information content (AvgIpc) is 3.31. The largest absolute Gasteiger partial charge is 0.339 e. The fourth-order valence-corrected chi connectivity index (χ4v) is 5.07. The molecule has 2 amide bonds. The number of hydrogen-bond donors (Lipinski definition) is 1. The minimum absolute atomic E-state index is 0.0101. The van der Waals surface area contributed by atoms with Crippen LogP contribution in [0, 0.1) is 13.8 Å². The first-order valence-electron chi connectivity index (χ1n) is 10.3. The van der Waals surface area contributed by atoms with Gasteiger partial charge in [-0.3, -0.25) is 14.3 Å². The van der Waals surface area contributed by atoms with Crippen LogP contribution in [0.3, 0.4) is 0 Å². The van der Waals surface area contributed by atoms with Crippen LogP contribution in [0.1, 0.15) is 40.7 Å². The second-order valence-corrected chi connectivity index (χ2v) is 8.76. The highest BCUT2D eigenvalue weighted by Crippen LogP contribution is 2.40. The van der Waals surface area contributed by atoms with Crippen molar-refractivity contribution < 1.29 is 9.59 Å². The lowest BCUT2D eigenvalue weighted by Gasteiger charge is -2.27. The van der Waals surface area contributed by atoms with Gasteiger partial charge in [0.2, 0.25) is 5.91 Å². The summed E-state index contributed by atoms with van der Waals surface area (Å²) in [6.45, 7) is 5.57. The molecule has 0 radical (unpaired) electrons. The number of aromatic nitrogens is 2. The van der Waals surface area contributed by atoms with Gasteiger partial charge in [0.1, 0.15) is 11.5 Å². The Morgan fingerprint density at radius 3 is 2.50 bits per heavy atom. The molecule has 3 aromatic rings. The van der Waals surface area contributed by atoms with Crippen LogP contribution in [0.2, 0.25) is 0 Å². The van der Waals surface area contributed by atoms with E-state index < -0.39 is 0 Å². The number of carbonyl (C=O) groups is 2. The zero-order chi connectivity index (χ0) is 21.1. The first kappa shape index (κ1) is 20.3. The molecule has 0 spiro atoms. The third-order valence-electron chi connectivity index (χ3n) is 5.36. The highest BCUT2D eigenvalue weighted by atomic mass is 32.1. The van der Waals surface area contributed by atoms with Gasteiger partial charge in [-0.1, -0.05) is 30.3 Å². The van der Waals surface area contributed by atoms with Gasteiger partial charge in [-0.25, -0.2) is 0 Å². The molecule has 1 aliphatic heterocycles. The summed E-state index contributed by atoms with van der Waals surface area (Å²) in [7, 11) is 0. The van der Waals surface area contributed by atoms with E-state index in [9.17, 15) is 9.59 Å². The van der Waals surface area contributed by atoms with E-state index in [2.05, 4.69) is 10.4 Å². The SMILES string of the molecule is Cc1cnn(CC(=O)Nc2sc(-c3ccccc3)c(C)c2C(=O)N2CCCCC2)c1. The van der Waals surface area contributed by atoms with Gasteiger partial charge in [0.05, 0.1) is 11.8 Å². The number of hydrogen-bond acceptors (Lipinski definition) is 4. The summed E-state index contributed by atoms with van der Waals surface area (Å²) in [5.74, 6) is -0.178. The van der Waals surface area contributed by atoms with Gasteiger partial charge in [-0.2, -0.15) is 5.10 Å². The van der Waals surface area contributed by atoms with Crippen LogP contribution in [-0.2, 0) is 11.3 Å². The van der Waals surface area contributed by atoms with Crippen molar-refractivity contribution in [2.45, 2.75) is 39.7 Å². The van der Waals surface area contributed by atoms with E-state index in [1.54, 1.807) is 10.9 Å². The lowest BCUT2D eigenvalue weighted by molar-refractivity contribution is -0.116. The van der Waals surface area contributed by atoms with Crippen molar-refractivity contribution in [2.75, 3.05) is 18.4 Å². The van der Waals surface area contributed by atoms with Crippen molar-refractivity contribution >= 4 is 28.2 Å². The predicted octanol–water partition coefficient (Wildman–Crippen LogP) is 4.49. The number of piperidine rings is 1. The number of benzene rings is 1. The molecule has 7 heteroatoms. The van der Waals surface area contributed by atoms with Crippen LogP contribution in [0.15, 0.2) is 42.7 Å². The quantitative estimate of drug-likeness (QED) is 0.659. The molecule has 1 aromatic carbocycles. The Kier molecular flexibility index (Phi) is 5.99. The number of nitrogens with zero attached hydrogens (tertiary/aromatic N) is 3. The molecule has 0 bridgehead atoms. The zero-order valence-corrected chi connectivity index (χ0v) is 18.2. The van der Waals surface area contributed by atoms with Crippen LogP contribution >= 0.6 is 11.3 Å². The maximum atomic E-state index is 13.4. The fraction of sp³-hybridized carbons (Fsp3) is 0.348. The lowest BCUT2D eigenvalue weighted by Crippen LogP contribution is -2.36. The van der Waals surface area contributed by atoms with E-state index in [4.69, 9.17) is 0 Å². The monoisotopic (exact) mass is 422 g/mol. The normalized spacial score (nSPS) is 14.0. The number of anilines is 1. The van der Waals surface area contributed by atoms with E-state index in [0.29, 0.717) is 10.6 Å². The molecule has 1 fully saturated rings. The number of amides is 2. The number of rotatable bonds is 5. The smallest absolute Gasteiger partial charge is 0.257 e.